The number of pyridine rings is 1. The van der Waals surface area contributed by atoms with Crippen LogP contribution in [0.25, 0.3) is 10.8 Å². The number of anilines is 1. The van der Waals surface area contributed by atoms with E-state index in [-0.39, 0.29) is 36.7 Å². The van der Waals surface area contributed by atoms with Crippen LogP contribution in [0.15, 0.2) is 61.1 Å². The standard InChI is InChI=1S/C29H32ClFN8O3/c30-28-21(7-3-10-24(28)31)12-32-16-27(40)37-22(8-4-9-23-14-33-15-26-35-18-36-39(23)26)17-42-29(41)38-25-11-19-5-1-2-6-20(19)13-34-25/h1-3,5-7,10-11,13,18,22-23,32-33H,4,8-9,12,14-17H2,(H,37,40)(H,34,38,41)/t22-,23?/m0/s1. The van der Waals surface area contributed by atoms with Gasteiger partial charge in [0.15, 0.2) is 0 Å². The largest absolute Gasteiger partial charge is 0.447 e. The molecule has 4 N–H and O–H groups in total. The van der Waals surface area contributed by atoms with Crippen LogP contribution in [0.5, 0.6) is 0 Å². The van der Waals surface area contributed by atoms with Crippen molar-refractivity contribution >= 4 is 40.2 Å². The van der Waals surface area contributed by atoms with Gasteiger partial charge in [0, 0.05) is 24.7 Å². The number of amides is 2. The van der Waals surface area contributed by atoms with Crippen molar-refractivity contribution < 1.29 is 18.7 Å². The number of carbonyl (C=O) groups is 2. The van der Waals surface area contributed by atoms with Gasteiger partial charge in [0.1, 0.15) is 30.4 Å². The van der Waals surface area contributed by atoms with Gasteiger partial charge in [0.25, 0.3) is 0 Å². The minimum atomic E-state index is -0.667. The Morgan fingerprint density at radius 3 is 2.90 bits per heavy atom. The molecule has 0 aliphatic carbocycles. The molecule has 2 atom stereocenters. The highest BCUT2D eigenvalue weighted by atomic mass is 35.5. The van der Waals surface area contributed by atoms with Gasteiger partial charge in [-0.25, -0.2) is 23.8 Å². The van der Waals surface area contributed by atoms with Crippen LogP contribution in [-0.4, -0.2) is 57.5 Å². The summed E-state index contributed by atoms with van der Waals surface area (Å²) in [6.07, 6.45) is 4.69. The highest BCUT2D eigenvalue weighted by Gasteiger charge is 2.22. The summed E-state index contributed by atoms with van der Waals surface area (Å²) < 4.78 is 21.1. The first-order valence-corrected chi connectivity index (χ1v) is 14.1. The number of ether oxygens (including phenoxy) is 1. The summed E-state index contributed by atoms with van der Waals surface area (Å²) in [5, 5.41) is 18.2. The van der Waals surface area contributed by atoms with Gasteiger partial charge in [-0.15, -0.1) is 0 Å². The highest BCUT2D eigenvalue weighted by Crippen LogP contribution is 2.21. The molecule has 220 valence electrons. The molecule has 1 unspecified atom stereocenters. The molecular formula is C29H32ClFN8O3. The minimum absolute atomic E-state index is 0.0224. The Morgan fingerprint density at radius 2 is 2.02 bits per heavy atom. The number of rotatable bonds is 12. The lowest BCUT2D eigenvalue weighted by Crippen LogP contribution is -2.43. The Balaban J connectivity index is 1.14. The van der Waals surface area contributed by atoms with Crippen molar-refractivity contribution in [3.05, 3.63) is 83.3 Å². The Labute approximate surface area is 247 Å². The molecule has 0 saturated carbocycles. The highest BCUT2D eigenvalue weighted by molar-refractivity contribution is 6.31. The van der Waals surface area contributed by atoms with Crippen LogP contribution in [0.3, 0.4) is 0 Å². The Hall–Kier alpha value is -4.13. The van der Waals surface area contributed by atoms with Crippen LogP contribution < -0.4 is 21.3 Å². The fourth-order valence-corrected chi connectivity index (χ4v) is 5.10. The first kappa shape index (κ1) is 29.4. The predicted octanol–water partition coefficient (Wildman–Crippen LogP) is 3.96. The molecule has 3 heterocycles. The van der Waals surface area contributed by atoms with Crippen molar-refractivity contribution in [1.29, 1.82) is 0 Å². The molecule has 2 aromatic carbocycles. The SMILES string of the molecule is O=C(CNCc1cccc(F)c1Cl)N[C@@H](CCCC1CNCc2ncnn21)COC(=O)Nc1cc2ccccc2cn1. The fourth-order valence-electron chi connectivity index (χ4n) is 4.91. The second-order valence-electron chi connectivity index (χ2n) is 10.1. The first-order chi connectivity index (χ1) is 20.5. The summed E-state index contributed by atoms with van der Waals surface area (Å²) in [6, 6.07) is 13.7. The molecule has 1 aliphatic heterocycles. The molecule has 2 aromatic heterocycles. The van der Waals surface area contributed by atoms with E-state index in [4.69, 9.17) is 16.3 Å². The summed E-state index contributed by atoms with van der Waals surface area (Å²) in [5.41, 5.74) is 0.553. The monoisotopic (exact) mass is 594 g/mol. The van der Waals surface area contributed by atoms with Crippen LogP contribution in [0, 0.1) is 5.82 Å². The molecule has 5 rings (SSSR count). The number of carbonyl (C=O) groups excluding carboxylic acids is 2. The van der Waals surface area contributed by atoms with Gasteiger partial charge in [-0.05, 0) is 42.3 Å². The lowest BCUT2D eigenvalue weighted by molar-refractivity contribution is -0.121. The minimum Gasteiger partial charge on any atom is -0.447 e. The van der Waals surface area contributed by atoms with E-state index in [0.717, 1.165) is 36.0 Å². The maximum atomic E-state index is 13.7. The number of hydrogen-bond acceptors (Lipinski definition) is 8. The average molecular weight is 595 g/mol. The summed E-state index contributed by atoms with van der Waals surface area (Å²) in [7, 11) is 0. The Bertz CT molecular complexity index is 1530. The first-order valence-electron chi connectivity index (χ1n) is 13.8. The molecule has 0 saturated heterocycles. The van der Waals surface area contributed by atoms with Gasteiger partial charge >= 0.3 is 6.09 Å². The smallest absolute Gasteiger partial charge is 0.412 e. The Morgan fingerprint density at radius 1 is 1.17 bits per heavy atom. The maximum Gasteiger partial charge on any atom is 0.412 e. The van der Waals surface area contributed by atoms with E-state index in [1.54, 1.807) is 30.7 Å². The number of hydrogen-bond donors (Lipinski definition) is 4. The zero-order valence-corrected chi connectivity index (χ0v) is 23.6. The summed E-state index contributed by atoms with van der Waals surface area (Å²) in [6.45, 7) is 1.63. The lowest BCUT2D eigenvalue weighted by Gasteiger charge is -2.25. The molecule has 1 aliphatic rings. The van der Waals surface area contributed by atoms with Gasteiger partial charge in [-0.2, -0.15) is 5.10 Å². The molecule has 4 aromatic rings. The number of halogens is 2. The van der Waals surface area contributed by atoms with Gasteiger partial charge in [-0.1, -0.05) is 48.0 Å². The molecule has 42 heavy (non-hydrogen) atoms. The van der Waals surface area contributed by atoms with E-state index in [1.807, 2.05) is 28.9 Å². The molecule has 11 nitrogen and oxygen atoms in total. The second-order valence-corrected chi connectivity index (χ2v) is 10.4. The number of fused-ring (bicyclic) bond motifs is 2. The zero-order valence-electron chi connectivity index (χ0n) is 22.9. The number of nitrogens with zero attached hydrogens (tertiary/aromatic N) is 4. The van der Waals surface area contributed by atoms with Crippen LogP contribution >= 0.6 is 11.6 Å². The molecule has 2 amide bonds. The van der Waals surface area contributed by atoms with Crippen LogP contribution in [0.4, 0.5) is 15.0 Å². The van der Waals surface area contributed by atoms with E-state index in [0.29, 0.717) is 24.3 Å². The van der Waals surface area contributed by atoms with Crippen LogP contribution in [-0.2, 0) is 22.6 Å². The molecule has 13 heteroatoms. The predicted molar refractivity (Wildman–Crippen MR) is 156 cm³/mol. The number of benzene rings is 2. The molecule has 0 radical (unpaired) electrons. The van der Waals surface area contributed by atoms with Crippen LogP contribution in [0.1, 0.15) is 36.7 Å². The lowest BCUT2D eigenvalue weighted by atomic mass is 10.0. The third kappa shape index (κ3) is 7.78. The Kier molecular flexibility index (Phi) is 9.90. The normalized spacial score (nSPS) is 15.1. The van der Waals surface area contributed by atoms with Crippen molar-refractivity contribution in [1.82, 2.24) is 35.7 Å². The van der Waals surface area contributed by atoms with Crippen molar-refractivity contribution in [3.63, 3.8) is 0 Å². The summed E-state index contributed by atoms with van der Waals surface area (Å²) in [4.78, 5) is 33.9. The number of aromatic nitrogens is 4. The van der Waals surface area contributed by atoms with E-state index < -0.39 is 18.0 Å². The van der Waals surface area contributed by atoms with E-state index in [2.05, 4.69) is 36.3 Å². The van der Waals surface area contributed by atoms with Crippen LogP contribution in [0.2, 0.25) is 5.02 Å². The third-order valence-corrected chi connectivity index (χ3v) is 7.44. The van der Waals surface area contributed by atoms with E-state index in [9.17, 15) is 14.0 Å². The van der Waals surface area contributed by atoms with E-state index in [1.165, 1.54) is 6.07 Å². The van der Waals surface area contributed by atoms with Gasteiger partial charge in [0.2, 0.25) is 5.91 Å². The average Bonchev–Trinajstić information content (AvgIpc) is 3.48. The van der Waals surface area contributed by atoms with Crippen molar-refractivity contribution in [3.8, 4) is 0 Å². The zero-order chi connectivity index (χ0) is 29.3. The van der Waals surface area contributed by atoms with Crippen molar-refractivity contribution in [2.45, 2.75) is 44.4 Å². The van der Waals surface area contributed by atoms with Crippen molar-refractivity contribution in [2.24, 2.45) is 0 Å². The third-order valence-electron chi connectivity index (χ3n) is 7.02. The van der Waals surface area contributed by atoms with Gasteiger partial charge in [-0.3, -0.25) is 10.1 Å². The molecule has 0 bridgehead atoms. The van der Waals surface area contributed by atoms with Crippen molar-refractivity contribution in [2.75, 3.05) is 25.0 Å². The summed E-state index contributed by atoms with van der Waals surface area (Å²) >= 11 is 6.01. The number of nitrogens with one attached hydrogen (secondary N) is 4. The topological polar surface area (TPSA) is 135 Å². The summed E-state index contributed by atoms with van der Waals surface area (Å²) in [5.74, 6) is 0.461. The molecular weight excluding hydrogens is 563 g/mol. The maximum absolute atomic E-state index is 13.7. The molecule has 0 spiro atoms. The van der Waals surface area contributed by atoms with E-state index >= 15 is 0 Å². The van der Waals surface area contributed by atoms with Gasteiger partial charge < -0.3 is 20.7 Å². The second kappa shape index (κ2) is 14.2. The van der Waals surface area contributed by atoms with Gasteiger partial charge in [0.05, 0.1) is 30.2 Å². The fraction of sp³-hybridized carbons (Fsp3) is 0.345. The quantitative estimate of drug-likeness (QED) is 0.194. The molecule has 0 fully saturated rings.